The van der Waals surface area contributed by atoms with Crippen molar-refractivity contribution in [1.82, 2.24) is 19.4 Å². The lowest BCUT2D eigenvalue weighted by Gasteiger charge is -2.34. The molecule has 0 saturated carbocycles. The number of carbonyl (C=O) groups excluding carboxylic acids is 2. The second kappa shape index (κ2) is 14.2. The van der Waals surface area contributed by atoms with E-state index < -0.39 is 17.6 Å². The summed E-state index contributed by atoms with van der Waals surface area (Å²) < 4.78 is 52.3. The van der Waals surface area contributed by atoms with E-state index in [1.54, 1.807) is 18.2 Å². The number of hydrogen-bond acceptors (Lipinski definition) is 6. The van der Waals surface area contributed by atoms with Gasteiger partial charge in [0.2, 0.25) is 5.88 Å². The van der Waals surface area contributed by atoms with Crippen LogP contribution < -0.4 is 14.4 Å². The summed E-state index contributed by atoms with van der Waals surface area (Å²) in [6, 6.07) is 22.9. The van der Waals surface area contributed by atoms with E-state index in [0.29, 0.717) is 30.2 Å². The van der Waals surface area contributed by atoms with Gasteiger partial charge in [0.25, 0.3) is 11.8 Å². The summed E-state index contributed by atoms with van der Waals surface area (Å²) in [5, 5.41) is 0.901. The molecule has 0 atom stereocenters. The van der Waals surface area contributed by atoms with E-state index in [4.69, 9.17) is 9.47 Å². The Hall–Kier alpha value is -5.36. The summed E-state index contributed by atoms with van der Waals surface area (Å²) >= 11 is 0. The summed E-state index contributed by atoms with van der Waals surface area (Å²) in [7, 11) is 3.38. The molecular formula is C38H38F3N5O4. The zero-order valence-electron chi connectivity index (χ0n) is 28.3. The number of fused-ring (bicyclic) bond motifs is 1. The predicted molar refractivity (Wildman–Crippen MR) is 185 cm³/mol. The minimum Gasteiger partial charge on any atom is -0.491 e. The molecule has 50 heavy (non-hydrogen) atoms. The maximum Gasteiger partial charge on any atom is 0.416 e. The number of amides is 2. The average Bonchev–Trinajstić information content (AvgIpc) is 3.43. The molecule has 1 fully saturated rings. The molecule has 1 aliphatic rings. The van der Waals surface area contributed by atoms with Crippen LogP contribution in [0.25, 0.3) is 10.9 Å². The number of nitrogens with zero attached hydrogens (tertiary/aromatic N) is 5. The van der Waals surface area contributed by atoms with Crippen molar-refractivity contribution in [3.63, 3.8) is 0 Å². The Morgan fingerprint density at radius 2 is 1.56 bits per heavy atom. The van der Waals surface area contributed by atoms with E-state index in [1.165, 1.54) is 23.7 Å². The lowest BCUT2D eigenvalue weighted by Crippen LogP contribution is -2.48. The van der Waals surface area contributed by atoms with Crippen molar-refractivity contribution in [3.8, 4) is 17.4 Å². The third-order valence-electron chi connectivity index (χ3n) is 8.69. The van der Waals surface area contributed by atoms with Crippen molar-refractivity contribution < 1.29 is 32.2 Å². The first-order valence-corrected chi connectivity index (χ1v) is 16.3. The molecular weight excluding hydrogens is 647 g/mol. The number of aryl methyl sites for hydroxylation is 1. The minimum absolute atomic E-state index is 0.0202. The molecule has 1 aliphatic heterocycles. The highest BCUT2D eigenvalue weighted by Gasteiger charge is 2.30. The van der Waals surface area contributed by atoms with Crippen LogP contribution in [-0.4, -0.2) is 70.5 Å². The molecule has 2 aromatic heterocycles. The van der Waals surface area contributed by atoms with Gasteiger partial charge in [-0.05, 0) is 80.1 Å². The van der Waals surface area contributed by atoms with Gasteiger partial charge >= 0.3 is 6.18 Å². The molecule has 0 bridgehead atoms. The van der Waals surface area contributed by atoms with Crippen LogP contribution in [0, 0.1) is 0 Å². The van der Waals surface area contributed by atoms with Crippen LogP contribution in [0.3, 0.4) is 0 Å². The number of alkyl halides is 3. The quantitative estimate of drug-likeness (QED) is 0.161. The van der Waals surface area contributed by atoms with Crippen LogP contribution in [0.1, 0.15) is 45.8 Å². The Kier molecular flexibility index (Phi) is 9.83. The number of hydrogen-bond donors (Lipinski definition) is 0. The Morgan fingerprint density at radius 3 is 2.18 bits per heavy atom. The Bertz CT molecular complexity index is 1970. The minimum atomic E-state index is -4.48. The number of rotatable bonds is 9. The van der Waals surface area contributed by atoms with Gasteiger partial charge in [-0.3, -0.25) is 14.5 Å². The second-order valence-corrected chi connectivity index (χ2v) is 12.6. The molecule has 12 heteroatoms. The van der Waals surface area contributed by atoms with Crippen molar-refractivity contribution in [2.24, 2.45) is 7.05 Å². The van der Waals surface area contributed by atoms with E-state index in [1.807, 2.05) is 60.7 Å². The molecule has 0 spiro atoms. The fraction of sp³-hybridized carbons (Fsp3) is 0.289. The SMILES string of the molecule is CC(C)Oc1ccc(CN2CCN(C(=O)c3cc4ccc(Oc5ccc(N(C)C(=O)c6ccc(C(F)(F)F)cc6)cn5)cc4n3C)CC2)cc1. The van der Waals surface area contributed by atoms with Crippen molar-refractivity contribution in [2.45, 2.75) is 32.7 Å². The number of ether oxygens (including phenoxy) is 2. The maximum absolute atomic E-state index is 13.6. The van der Waals surface area contributed by atoms with Crippen molar-refractivity contribution in [2.75, 3.05) is 38.1 Å². The first-order chi connectivity index (χ1) is 23.9. The molecule has 0 aliphatic carbocycles. The predicted octanol–water partition coefficient (Wildman–Crippen LogP) is 7.41. The third kappa shape index (κ3) is 7.76. The highest BCUT2D eigenvalue weighted by molar-refractivity contribution is 6.05. The van der Waals surface area contributed by atoms with Crippen molar-refractivity contribution in [3.05, 3.63) is 114 Å². The fourth-order valence-corrected chi connectivity index (χ4v) is 5.92. The Balaban J connectivity index is 1.05. The number of aromatic nitrogens is 2. The van der Waals surface area contributed by atoms with Crippen molar-refractivity contribution >= 4 is 28.4 Å². The van der Waals surface area contributed by atoms with E-state index in [2.05, 4.69) is 22.0 Å². The molecule has 9 nitrogen and oxygen atoms in total. The number of pyridine rings is 1. The Labute approximate surface area is 288 Å². The van der Waals surface area contributed by atoms with Gasteiger partial charge < -0.3 is 23.8 Å². The van der Waals surface area contributed by atoms with Gasteiger partial charge in [-0.1, -0.05) is 12.1 Å². The number of halogens is 3. The molecule has 6 rings (SSSR count). The number of anilines is 1. The molecule has 5 aromatic rings. The van der Waals surface area contributed by atoms with Crippen LogP contribution in [0.2, 0.25) is 0 Å². The standard InChI is InChI=1S/C38H38F3N5O4/c1-25(2)49-31-13-5-26(6-14-31)24-45-17-19-46(20-18-45)37(48)34-21-28-9-15-32(22-33(28)44(34)4)50-35-16-12-30(23-42-35)43(3)36(47)27-7-10-29(11-8-27)38(39,40)41/h5-16,21-23,25H,17-20,24H2,1-4H3. The summed E-state index contributed by atoms with van der Waals surface area (Å²) in [4.78, 5) is 36.3. The molecule has 0 radical (unpaired) electrons. The van der Waals surface area contributed by atoms with Crippen LogP contribution >= 0.6 is 0 Å². The topological polar surface area (TPSA) is 80.1 Å². The highest BCUT2D eigenvalue weighted by atomic mass is 19.4. The number of piperazine rings is 1. The van der Waals surface area contributed by atoms with Gasteiger partial charge in [-0.15, -0.1) is 0 Å². The molecule has 0 unspecified atom stereocenters. The summed E-state index contributed by atoms with van der Waals surface area (Å²) in [5.74, 6) is 1.17. The maximum atomic E-state index is 13.6. The summed E-state index contributed by atoms with van der Waals surface area (Å²) in [5.41, 5.74) is 2.36. The van der Waals surface area contributed by atoms with Gasteiger partial charge in [0.1, 0.15) is 17.2 Å². The van der Waals surface area contributed by atoms with Gasteiger partial charge in [0, 0.05) is 69.9 Å². The fourth-order valence-electron chi connectivity index (χ4n) is 5.92. The zero-order chi connectivity index (χ0) is 35.6. The third-order valence-corrected chi connectivity index (χ3v) is 8.69. The van der Waals surface area contributed by atoms with Crippen LogP contribution in [-0.2, 0) is 19.8 Å². The van der Waals surface area contributed by atoms with Crippen LogP contribution in [0.5, 0.6) is 17.4 Å². The van der Waals surface area contributed by atoms with Gasteiger partial charge in [0.05, 0.1) is 29.1 Å². The zero-order valence-corrected chi connectivity index (χ0v) is 28.3. The lowest BCUT2D eigenvalue weighted by atomic mass is 10.1. The van der Waals surface area contributed by atoms with Crippen LogP contribution in [0.4, 0.5) is 18.9 Å². The smallest absolute Gasteiger partial charge is 0.416 e. The second-order valence-electron chi connectivity index (χ2n) is 12.6. The van der Waals surface area contributed by atoms with Gasteiger partial charge in [-0.2, -0.15) is 13.2 Å². The van der Waals surface area contributed by atoms with Gasteiger partial charge in [-0.25, -0.2) is 4.98 Å². The average molecular weight is 686 g/mol. The molecule has 260 valence electrons. The largest absolute Gasteiger partial charge is 0.491 e. The van der Waals surface area contributed by atoms with Gasteiger partial charge in [0.15, 0.2) is 0 Å². The normalized spacial score (nSPS) is 13.9. The molecule has 3 heterocycles. The lowest BCUT2D eigenvalue weighted by molar-refractivity contribution is -0.137. The summed E-state index contributed by atoms with van der Waals surface area (Å²) in [6.45, 7) is 7.66. The molecule has 2 amide bonds. The summed E-state index contributed by atoms with van der Waals surface area (Å²) in [6.07, 6.45) is -2.89. The molecule has 3 aromatic carbocycles. The monoisotopic (exact) mass is 685 g/mol. The molecule has 1 saturated heterocycles. The van der Waals surface area contributed by atoms with E-state index >= 15 is 0 Å². The highest BCUT2D eigenvalue weighted by Crippen LogP contribution is 2.31. The van der Waals surface area contributed by atoms with E-state index in [-0.39, 0.29) is 23.5 Å². The van der Waals surface area contributed by atoms with Crippen LogP contribution in [0.15, 0.2) is 91.1 Å². The van der Waals surface area contributed by atoms with Crippen molar-refractivity contribution in [1.29, 1.82) is 0 Å². The van der Waals surface area contributed by atoms with E-state index in [9.17, 15) is 22.8 Å². The first-order valence-electron chi connectivity index (χ1n) is 16.3. The Morgan fingerprint density at radius 1 is 0.880 bits per heavy atom. The number of benzene rings is 3. The number of carbonyl (C=O) groups is 2. The van der Waals surface area contributed by atoms with E-state index in [0.717, 1.165) is 60.6 Å². The molecule has 0 N–H and O–H groups in total. The first kappa shape index (κ1) is 34.5.